The summed E-state index contributed by atoms with van der Waals surface area (Å²) in [6.07, 6.45) is 3.23. The minimum atomic E-state index is 0.0240. The maximum Gasteiger partial charge on any atom is 0.260 e. The summed E-state index contributed by atoms with van der Waals surface area (Å²) in [6.45, 7) is 5.26. The molecule has 1 aliphatic rings. The molecule has 0 saturated carbocycles. The third-order valence-electron chi connectivity index (χ3n) is 5.42. The largest absolute Gasteiger partial charge is 0.324 e. The van der Waals surface area contributed by atoms with E-state index >= 15 is 0 Å². The summed E-state index contributed by atoms with van der Waals surface area (Å²) in [5.74, 6) is 1.47. The van der Waals surface area contributed by atoms with Crippen molar-refractivity contribution in [2.45, 2.75) is 45.7 Å². The Kier molecular flexibility index (Phi) is 4.94. The van der Waals surface area contributed by atoms with Gasteiger partial charge >= 0.3 is 0 Å². The number of aryl methyl sites for hydroxylation is 1. The van der Waals surface area contributed by atoms with Crippen molar-refractivity contribution in [3.63, 3.8) is 0 Å². The topological polar surface area (TPSA) is 50.2 Å². The second-order valence-electron chi connectivity index (χ2n) is 7.43. The van der Waals surface area contributed by atoms with Gasteiger partial charge < -0.3 is 9.88 Å². The fraction of sp³-hybridized carbons (Fsp3) is 0.474. The van der Waals surface area contributed by atoms with Crippen molar-refractivity contribution in [2.24, 2.45) is 5.92 Å². The van der Waals surface area contributed by atoms with Crippen molar-refractivity contribution in [1.29, 1.82) is 0 Å². The van der Waals surface area contributed by atoms with Crippen LogP contribution in [0.15, 0.2) is 16.9 Å². The number of nitrogens with zero attached hydrogens (tertiary/aromatic N) is 1. The normalized spacial score (nSPS) is 19.5. The van der Waals surface area contributed by atoms with Crippen LogP contribution in [0.5, 0.6) is 0 Å². The Morgan fingerprint density at radius 2 is 2.23 bits per heavy atom. The summed E-state index contributed by atoms with van der Waals surface area (Å²) in [4.78, 5) is 25.5. The van der Waals surface area contributed by atoms with Crippen LogP contribution in [0.3, 0.4) is 0 Å². The molecule has 0 amide bonds. The van der Waals surface area contributed by atoms with E-state index in [2.05, 4.69) is 31.9 Å². The van der Waals surface area contributed by atoms with E-state index in [-0.39, 0.29) is 11.6 Å². The van der Waals surface area contributed by atoms with E-state index in [1.165, 1.54) is 20.2 Å². The number of quaternary nitrogens is 1. The fourth-order valence-electron chi connectivity index (χ4n) is 3.68. The monoisotopic (exact) mass is 408 g/mol. The predicted octanol–water partition coefficient (Wildman–Crippen LogP) is 3.60. The molecule has 0 saturated heterocycles. The number of aromatic nitrogens is 2. The number of thiophene rings is 2. The van der Waals surface area contributed by atoms with Gasteiger partial charge in [0.1, 0.15) is 17.4 Å². The summed E-state index contributed by atoms with van der Waals surface area (Å²) in [7, 11) is 2.13. The van der Waals surface area contributed by atoms with Gasteiger partial charge in [-0.15, -0.1) is 22.7 Å². The van der Waals surface area contributed by atoms with Crippen molar-refractivity contribution < 1.29 is 4.90 Å². The number of halogens is 1. The predicted molar refractivity (Wildman–Crippen MR) is 110 cm³/mol. The lowest BCUT2D eigenvalue weighted by Crippen LogP contribution is -3.07. The van der Waals surface area contributed by atoms with E-state index in [9.17, 15) is 4.79 Å². The molecule has 0 aromatic carbocycles. The Labute approximate surface area is 165 Å². The maximum absolute atomic E-state index is 12.8. The van der Waals surface area contributed by atoms with Crippen LogP contribution in [0.4, 0.5) is 0 Å². The highest BCUT2D eigenvalue weighted by atomic mass is 35.5. The zero-order chi connectivity index (χ0) is 18.4. The van der Waals surface area contributed by atoms with E-state index in [0.717, 1.165) is 46.2 Å². The minimum Gasteiger partial charge on any atom is -0.324 e. The number of H-pyrrole nitrogens is 1. The zero-order valence-corrected chi connectivity index (χ0v) is 17.6. The van der Waals surface area contributed by atoms with Crippen molar-refractivity contribution in [3.05, 3.63) is 48.0 Å². The van der Waals surface area contributed by atoms with Gasteiger partial charge in [-0.25, -0.2) is 4.98 Å². The summed E-state index contributed by atoms with van der Waals surface area (Å²) < 4.78 is 0.812. The number of hydrogen-bond donors (Lipinski definition) is 2. The highest BCUT2D eigenvalue weighted by Gasteiger charge is 2.25. The van der Waals surface area contributed by atoms with Gasteiger partial charge in [0.15, 0.2) is 5.82 Å². The molecule has 0 bridgehead atoms. The number of fused-ring (bicyclic) bond motifs is 3. The molecule has 0 radical (unpaired) electrons. The molecule has 4 nitrogen and oxygen atoms in total. The summed E-state index contributed by atoms with van der Waals surface area (Å²) in [6, 6.07) is 4.10. The van der Waals surface area contributed by atoms with Crippen LogP contribution in [0, 0.1) is 5.92 Å². The molecule has 7 heteroatoms. The van der Waals surface area contributed by atoms with Crippen LogP contribution in [-0.2, 0) is 19.4 Å². The first-order valence-electron chi connectivity index (χ1n) is 9.03. The van der Waals surface area contributed by atoms with Crippen LogP contribution in [-0.4, -0.2) is 17.0 Å². The van der Waals surface area contributed by atoms with Crippen LogP contribution in [0.25, 0.3) is 10.2 Å². The summed E-state index contributed by atoms with van der Waals surface area (Å²) >= 11 is 9.36. The third kappa shape index (κ3) is 3.36. The molecule has 0 aliphatic heterocycles. The Hall–Kier alpha value is -1.21. The van der Waals surface area contributed by atoms with Crippen LogP contribution in [0.2, 0.25) is 4.34 Å². The average molecular weight is 409 g/mol. The van der Waals surface area contributed by atoms with Gasteiger partial charge in [-0.1, -0.05) is 18.5 Å². The van der Waals surface area contributed by atoms with E-state index in [4.69, 9.17) is 16.6 Å². The molecule has 3 heterocycles. The first kappa shape index (κ1) is 18.2. The molecule has 138 valence electrons. The van der Waals surface area contributed by atoms with E-state index in [1.54, 1.807) is 22.7 Å². The maximum atomic E-state index is 12.8. The molecule has 3 aromatic heterocycles. The van der Waals surface area contributed by atoms with Crippen LogP contribution in [0.1, 0.15) is 47.5 Å². The van der Waals surface area contributed by atoms with Crippen molar-refractivity contribution in [1.82, 2.24) is 9.97 Å². The van der Waals surface area contributed by atoms with Crippen molar-refractivity contribution >= 4 is 44.5 Å². The molecule has 2 N–H and O–H groups in total. The third-order valence-corrected chi connectivity index (χ3v) is 7.79. The van der Waals surface area contributed by atoms with Gasteiger partial charge in [-0.05, 0) is 49.8 Å². The van der Waals surface area contributed by atoms with E-state index in [1.807, 2.05) is 6.07 Å². The molecule has 3 aromatic rings. The van der Waals surface area contributed by atoms with E-state index in [0.29, 0.717) is 5.92 Å². The Morgan fingerprint density at radius 3 is 2.96 bits per heavy atom. The van der Waals surface area contributed by atoms with Gasteiger partial charge in [-0.3, -0.25) is 4.79 Å². The highest BCUT2D eigenvalue weighted by Crippen LogP contribution is 2.35. The zero-order valence-electron chi connectivity index (χ0n) is 15.2. The first-order chi connectivity index (χ1) is 12.4. The minimum absolute atomic E-state index is 0.0240. The molecule has 3 atom stereocenters. The number of nitrogens with one attached hydrogen (secondary N) is 2. The molecular weight excluding hydrogens is 386 g/mol. The van der Waals surface area contributed by atoms with Gasteiger partial charge in [0.25, 0.3) is 5.56 Å². The van der Waals surface area contributed by atoms with Gasteiger partial charge in [0.05, 0.1) is 21.6 Å². The average Bonchev–Trinajstić information content (AvgIpc) is 3.16. The van der Waals surface area contributed by atoms with Crippen LogP contribution < -0.4 is 10.5 Å². The summed E-state index contributed by atoms with van der Waals surface area (Å²) in [5, 5.41) is 0.829. The number of hydrogen-bond acceptors (Lipinski definition) is 4. The Balaban J connectivity index is 1.65. The lowest BCUT2D eigenvalue weighted by atomic mass is 9.89. The first-order valence-corrected chi connectivity index (χ1v) is 11.0. The van der Waals surface area contributed by atoms with Crippen molar-refractivity contribution in [2.75, 3.05) is 7.05 Å². The SMILES string of the molecule is C[C@@H]1CCc2c(sc3nc([C@@H](C)[NH+](C)Cc4ccc(Cl)s4)[nH]c(=O)c23)C1. The van der Waals surface area contributed by atoms with Gasteiger partial charge in [0.2, 0.25) is 0 Å². The van der Waals surface area contributed by atoms with Crippen LogP contribution >= 0.6 is 34.3 Å². The second-order valence-corrected chi connectivity index (χ2v) is 10.3. The van der Waals surface area contributed by atoms with Gasteiger partial charge in [-0.2, -0.15) is 0 Å². The smallest absolute Gasteiger partial charge is 0.260 e. The lowest BCUT2D eigenvalue weighted by Gasteiger charge is -2.20. The number of aromatic amines is 1. The quantitative estimate of drug-likeness (QED) is 0.692. The molecule has 0 spiro atoms. The Morgan fingerprint density at radius 1 is 1.42 bits per heavy atom. The Bertz CT molecular complexity index is 1010. The molecule has 0 fully saturated rings. The van der Waals surface area contributed by atoms with Gasteiger partial charge in [0, 0.05) is 4.88 Å². The standard InChI is InChI=1S/C19H22ClN3OS2/c1-10-4-6-13-14(8-10)26-19-16(13)18(24)21-17(22-19)11(2)23(3)9-12-5-7-15(20)25-12/h5,7,10-11H,4,6,8-9H2,1-3H3,(H,21,22,24)/p+1/t10-,11-/m1/s1. The molecule has 4 rings (SSSR count). The lowest BCUT2D eigenvalue weighted by molar-refractivity contribution is -0.924. The van der Waals surface area contributed by atoms with Crippen molar-refractivity contribution in [3.8, 4) is 0 Å². The molecular formula is C19H23ClN3OS2+. The second kappa shape index (κ2) is 7.08. The molecule has 26 heavy (non-hydrogen) atoms. The summed E-state index contributed by atoms with van der Waals surface area (Å²) in [5.41, 5.74) is 1.26. The van der Waals surface area contributed by atoms with E-state index < -0.39 is 0 Å². The number of rotatable bonds is 4. The fourth-order valence-corrected chi connectivity index (χ4v) is 6.25. The highest BCUT2D eigenvalue weighted by molar-refractivity contribution is 7.18. The molecule has 1 unspecified atom stereocenters. The molecule has 1 aliphatic carbocycles.